The van der Waals surface area contributed by atoms with E-state index in [1.807, 2.05) is 24.3 Å². The Labute approximate surface area is 134 Å². The zero-order chi connectivity index (χ0) is 16.2. The zero-order valence-corrected chi connectivity index (χ0v) is 14.5. The Bertz CT molecular complexity index is 571. The monoisotopic (exact) mass is 325 g/mol. The summed E-state index contributed by atoms with van der Waals surface area (Å²) >= 11 is 0. The quantitative estimate of drug-likeness (QED) is 0.870. The van der Waals surface area contributed by atoms with Crippen LogP contribution in [0.4, 0.5) is 5.69 Å². The number of ether oxygens (including phenoxy) is 1. The van der Waals surface area contributed by atoms with E-state index in [0.29, 0.717) is 17.4 Å². The first kappa shape index (κ1) is 17.1. The van der Waals surface area contributed by atoms with Crippen molar-refractivity contribution in [1.82, 2.24) is 0 Å². The van der Waals surface area contributed by atoms with Crippen LogP contribution in [0.3, 0.4) is 0 Å². The van der Waals surface area contributed by atoms with Gasteiger partial charge in [-0.05, 0) is 51.2 Å². The number of rotatable bonds is 6. The van der Waals surface area contributed by atoms with E-state index >= 15 is 0 Å². The molecule has 0 radical (unpaired) electrons. The van der Waals surface area contributed by atoms with Crippen molar-refractivity contribution in [3.8, 4) is 5.75 Å². The van der Waals surface area contributed by atoms with Crippen molar-refractivity contribution in [1.29, 1.82) is 0 Å². The smallest absolute Gasteiger partial charge is 0.150 e. The molecular weight excluding hydrogens is 298 g/mol. The SMILES string of the molecule is CCC(C)Oc1cccc(NC(C)C2CCS(=O)(=O)CC2)c1. The molecule has 4 nitrogen and oxygen atoms in total. The van der Waals surface area contributed by atoms with Crippen LogP contribution in [-0.2, 0) is 9.84 Å². The normalized spacial score (nSPS) is 21.0. The third-order valence-corrected chi connectivity index (χ3v) is 6.16. The van der Waals surface area contributed by atoms with E-state index in [0.717, 1.165) is 30.7 Å². The molecule has 0 saturated carbocycles. The number of hydrogen-bond acceptors (Lipinski definition) is 4. The van der Waals surface area contributed by atoms with Crippen molar-refractivity contribution in [2.24, 2.45) is 5.92 Å². The van der Waals surface area contributed by atoms with Crippen LogP contribution in [0.5, 0.6) is 5.75 Å². The first-order valence-electron chi connectivity index (χ1n) is 8.13. The Morgan fingerprint density at radius 1 is 1.27 bits per heavy atom. The van der Waals surface area contributed by atoms with Gasteiger partial charge in [-0.15, -0.1) is 0 Å². The molecule has 22 heavy (non-hydrogen) atoms. The summed E-state index contributed by atoms with van der Waals surface area (Å²) in [5.41, 5.74) is 1.03. The third-order valence-electron chi connectivity index (χ3n) is 4.45. The fourth-order valence-corrected chi connectivity index (χ4v) is 4.29. The Balaban J connectivity index is 1.94. The minimum Gasteiger partial charge on any atom is -0.491 e. The maximum atomic E-state index is 11.5. The van der Waals surface area contributed by atoms with E-state index < -0.39 is 9.84 Å². The Kier molecular flexibility index (Phi) is 5.73. The summed E-state index contributed by atoms with van der Waals surface area (Å²) in [7, 11) is -2.79. The molecule has 2 atom stereocenters. The maximum Gasteiger partial charge on any atom is 0.150 e. The van der Waals surface area contributed by atoms with Gasteiger partial charge in [0.1, 0.15) is 15.6 Å². The van der Waals surface area contributed by atoms with Crippen LogP contribution in [-0.4, -0.2) is 32.1 Å². The molecule has 1 aliphatic heterocycles. The lowest BCUT2D eigenvalue weighted by Crippen LogP contribution is -2.33. The van der Waals surface area contributed by atoms with Gasteiger partial charge in [0, 0.05) is 17.8 Å². The molecule has 0 bridgehead atoms. The van der Waals surface area contributed by atoms with Crippen LogP contribution in [0.25, 0.3) is 0 Å². The number of benzene rings is 1. The summed E-state index contributed by atoms with van der Waals surface area (Å²) in [5.74, 6) is 1.92. The summed E-state index contributed by atoms with van der Waals surface area (Å²) in [5, 5.41) is 3.50. The summed E-state index contributed by atoms with van der Waals surface area (Å²) < 4.78 is 28.9. The Morgan fingerprint density at radius 2 is 1.95 bits per heavy atom. The molecule has 0 aromatic heterocycles. The Hall–Kier alpha value is -1.23. The Morgan fingerprint density at radius 3 is 2.59 bits per heavy atom. The molecule has 1 aromatic rings. The van der Waals surface area contributed by atoms with Gasteiger partial charge in [0.15, 0.2) is 0 Å². The van der Waals surface area contributed by atoms with Crippen LogP contribution in [0.15, 0.2) is 24.3 Å². The maximum absolute atomic E-state index is 11.5. The molecule has 0 aliphatic carbocycles. The third kappa shape index (κ3) is 4.90. The molecule has 1 heterocycles. The predicted molar refractivity (Wildman–Crippen MR) is 91.3 cm³/mol. The highest BCUT2D eigenvalue weighted by atomic mass is 32.2. The number of anilines is 1. The number of hydrogen-bond donors (Lipinski definition) is 1. The fourth-order valence-electron chi connectivity index (χ4n) is 2.76. The van der Waals surface area contributed by atoms with Crippen molar-refractivity contribution in [2.75, 3.05) is 16.8 Å². The van der Waals surface area contributed by atoms with Crippen LogP contribution in [0, 0.1) is 5.92 Å². The molecule has 1 fully saturated rings. The van der Waals surface area contributed by atoms with Crippen LogP contribution in [0.1, 0.15) is 40.0 Å². The van der Waals surface area contributed by atoms with Crippen molar-refractivity contribution < 1.29 is 13.2 Å². The molecular formula is C17H27NO3S. The van der Waals surface area contributed by atoms with E-state index in [9.17, 15) is 8.42 Å². The molecule has 124 valence electrons. The van der Waals surface area contributed by atoms with Gasteiger partial charge >= 0.3 is 0 Å². The minimum absolute atomic E-state index is 0.205. The van der Waals surface area contributed by atoms with Crippen LogP contribution >= 0.6 is 0 Å². The summed E-state index contributed by atoms with van der Waals surface area (Å²) in [6.45, 7) is 6.29. The van der Waals surface area contributed by atoms with Crippen LogP contribution in [0.2, 0.25) is 0 Å². The summed E-state index contributed by atoms with van der Waals surface area (Å²) in [6.07, 6.45) is 2.68. The van der Waals surface area contributed by atoms with Crippen molar-refractivity contribution in [2.45, 2.75) is 52.2 Å². The largest absolute Gasteiger partial charge is 0.491 e. The van der Waals surface area contributed by atoms with Gasteiger partial charge in [-0.3, -0.25) is 0 Å². The second-order valence-corrected chi connectivity index (χ2v) is 8.59. The lowest BCUT2D eigenvalue weighted by molar-refractivity contribution is 0.217. The van der Waals surface area contributed by atoms with Crippen molar-refractivity contribution in [3.05, 3.63) is 24.3 Å². The van der Waals surface area contributed by atoms with E-state index in [1.165, 1.54) is 0 Å². The molecule has 1 aromatic carbocycles. The highest BCUT2D eigenvalue weighted by Gasteiger charge is 2.27. The molecule has 0 amide bonds. The fraction of sp³-hybridized carbons (Fsp3) is 0.647. The summed E-state index contributed by atoms with van der Waals surface area (Å²) in [4.78, 5) is 0. The molecule has 1 N–H and O–H groups in total. The van der Waals surface area contributed by atoms with Crippen molar-refractivity contribution in [3.63, 3.8) is 0 Å². The molecule has 5 heteroatoms. The predicted octanol–water partition coefficient (Wildman–Crippen LogP) is 3.49. The van der Waals surface area contributed by atoms with Gasteiger partial charge in [-0.1, -0.05) is 13.0 Å². The molecule has 2 rings (SSSR count). The molecule has 2 unspecified atom stereocenters. The van der Waals surface area contributed by atoms with E-state index in [2.05, 4.69) is 26.1 Å². The van der Waals surface area contributed by atoms with Gasteiger partial charge in [0.05, 0.1) is 17.6 Å². The first-order chi connectivity index (χ1) is 10.4. The second-order valence-electron chi connectivity index (χ2n) is 6.29. The lowest BCUT2D eigenvalue weighted by Gasteiger charge is -2.29. The van der Waals surface area contributed by atoms with Gasteiger partial charge in [-0.25, -0.2) is 8.42 Å². The first-order valence-corrected chi connectivity index (χ1v) is 9.95. The second kappa shape index (κ2) is 7.36. The van der Waals surface area contributed by atoms with E-state index in [1.54, 1.807) is 0 Å². The minimum atomic E-state index is -2.79. The van der Waals surface area contributed by atoms with Crippen LogP contribution < -0.4 is 10.1 Å². The average Bonchev–Trinajstić information content (AvgIpc) is 2.47. The molecule has 1 saturated heterocycles. The van der Waals surface area contributed by atoms with Gasteiger partial charge < -0.3 is 10.1 Å². The number of nitrogens with one attached hydrogen (secondary N) is 1. The zero-order valence-electron chi connectivity index (χ0n) is 13.7. The van der Waals surface area contributed by atoms with Gasteiger partial charge in [-0.2, -0.15) is 0 Å². The van der Waals surface area contributed by atoms with E-state index in [4.69, 9.17) is 4.74 Å². The summed E-state index contributed by atoms with van der Waals surface area (Å²) in [6, 6.07) is 8.25. The highest BCUT2D eigenvalue weighted by molar-refractivity contribution is 7.91. The number of sulfone groups is 1. The van der Waals surface area contributed by atoms with Gasteiger partial charge in [0.2, 0.25) is 0 Å². The van der Waals surface area contributed by atoms with Crippen molar-refractivity contribution >= 4 is 15.5 Å². The standard InChI is InChI=1S/C17H27NO3S/c1-4-13(2)21-17-7-5-6-16(12-17)18-14(3)15-8-10-22(19,20)11-9-15/h5-7,12-15,18H,4,8-11H2,1-3H3. The van der Waals surface area contributed by atoms with Gasteiger partial charge in [0.25, 0.3) is 0 Å². The topological polar surface area (TPSA) is 55.4 Å². The van der Waals surface area contributed by atoms with E-state index in [-0.39, 0.29) is 12.1 Å². The molecule has 0 spiro atoms. The molecule has 1 aliphatic rings. The lowest BCUT2D eigenvalue weighted by atomic mass is 9.95. The average molecular weight is 325 g/mol. The highest BCUT2D eigenvalue weighted by Crippen LogP contribution is 2.26.